The third-order valence-corrected chi connectivity index (χ3v) is 7.06. The van der Waals surface area contributed by atoms with E-state index in [1.54, 1.807) is 6.07 Å². The highest BCUT2D eigenvalue weighted by Gasteiger charge is 2.48. The van der Waals surface area contributed by atoms with Crippen LogP contribution < -0.4 is 4.90 Å². The molecule has 1 aromatic heterocycles. The van der Waals surface area contributed by atoms with Crippen LogP contribution >= 0.6 is 11.3 Å². The Balaban J connectivity index is 1.75. The standard InChI is InChI=1S/C27H21NO3S/c1-16-7-3-6-10-21(16)28-23(26-17(2)13-14-32-26)22(25(30)27(28)31)24(29)20-12-11-18-8-4-5-9-19(18)15-20/h3-15,23,29H,1-2H3/b24-22-. The second-order valence-corrected chi connectivity index (χ2v) is 8.93. The highest BCUT2D eigenvalue weighted by Crippen LogP contribution is 2.45. The largest absolute Gasteiger partial charge is 0.507 e. The summed E-state index contributed by atoms with van der Waals surface area (Å²) >= 11 is 1.48. The van der Waals surface area contributed by atoms with Crippen LogP contribution in [-0.4, -0.2) is 16.8 Å². The molecule has 1 aliphatic heterocycles. The second kappa shape index (κ2) is 7.77. The molecule has 2 heterocycles. The van der Waals surface area contributed by atoms with Crippen molar-refractivity contribution in [2.24, 2.45) is 0 Å². The molecule has 1 atom stereocenters. The Bertz CT molecular complexity index is 1420. The van der Waals surface area contributed by atoms with Gasteiger partial charge in [0.1, 0.15) is 11.8 Å². The van der Waals surface area contributed by atoms with Crippen LogP contribution in [0.25, 0.3) is 16.5 Å². The molecule has 0 aliphatic carbocycles. The van der Waals surface area contributed by atoms with Crippen molar-refractivity contribution in [1.29, 1.82) is 0 Å². The molecule has 0 spiro atoms. The molecule has 1 saturated heterocycles. The number of thiophene rings is 1. The molecule has 1 amide bonds. The minimum absolute atomic E-state index is 0.124. The summed E-state index contributed by atoms with van der Waals surface area (Å²) < 4.78 is 0. The van der Waals surface area contributed by atoms with Crippen molar-refractivity contribution >= 4 is 45.2 Å². The number of hydrogen-bond acceptors (Lipinski definition) is 4. The lowest BCUT2D eigenvalue weighted by molar-refractivity contribution is -0.132. The average molecular weight is 440 g/mol. The fraction of sp³-hybridized carbons (Fsp3) is 0.111. The minimum atomic E-state index is -0.678. The number of hydrogen-bond donors (Lipinski definition) is 1. The van der Waals surface area contributed by atoms with Crippen LogP contribution in [0.15, 0.2) is 83.7 Å². The lowest BCUT2D eigenvalue weighted by Crippen LogP contribution is -2.30. The zero-order chi connectivity index (χ0) is 22.4. The molecule has 5 heteroatoms. The minimum Gasteiger partial charge on any atom is -0.507 e. The smallest absolute Gasteiger partial charge is 0.300 e. The van der Waals surface area contributed by atoms with Crippen LogP contribution in [0, 0.1) is 13.8 Å². The number of aryl methyl sites for hydroxylation is 2. The van der Waals surface area contributed by atoms with Crippen LogP contribution in [0.5, 0.6) is 0 Å². The third kappa shape index (κ3) is 3.13. The predicted octanol–water partition coefficient (Wildman–Crippen LogP) is 6.14. The molecule has 4 aromatic rings. The van der Waals surface area contributed by atoms with Crippen LogP contribution in [0.2, 0.25) is 0 Å². The zero-order valence-corrected chi connectivity index (χ0v) is 18.5. The first kappa shape index (κ1) is 20.2. The fourth-order valence-electron chi connectivity index (χ4n) is 4.32. The van der Waals surface area contributed by atoms with Gasteiger partial charge in [-0.2, -0.15) is 0 Å². The normalized spacial score (nSPS) is 17.9. The van der Waals surface area contributed by atoms with E-state index in [1.807, 2.05) is 86.0 Å². The first-order valence-electron chi connectivity index (χ1n) is 10.4. The number of anilines is 1. The summed E-state index contributed by atoms with van der Waals surface area (Å²) in [6.07, 6.45) is 0. The second-order valence-electron chi connectivity index (χ2n) is 7.99. The molecule has 4 nitrogen and oxygen atoms in total. The number of benzene rings is 3. The number of carbonyl (C=O) groups excluding carboxylic acids is 2. The van der Waals surface area contributed by atoms with Gasteiger partial charge in [0, 0.05) is 16.1 Å². The van der Waals surface area contributed by atoms with Gasteiger partial charge in [-0.1, -0.05) is 54.6 Å². The maximum Gasteiger partial charge on any atom is 0.300 e. The van der Waals surface area contributed by atoms with E-state index in [-0.39, 0.29) is 11.3 Å². The van der Waals surface area contributed by atoms with E-state index in [2.05, 4.69) is 0 Å². The van der Waals surface area contributed by atoms with Crippen LogP contribution in [-0.2, 0) is 9.59 Å². The quantitative estimate of drug-likeness (QED) is 0.237. The molecule has 0 saturated carbocycles. The highest BCUT2D eigenvalue weighted by atomic mass is 32.1. The molecule has 1 N–H and O–H groups in total. The molecule has 1 unspecified atom stereocenters. The van der Waals surface area contributed by atoms with Gasteiger partial charge in [-0.15, -0.1) is 11.3 Å². The van der Waals surface area contributed by atoms with Gasteiger partial charge < -0.3 is 5.11 Å². The lowest BCUT2D eigenvalue weighted by Gasteiger charge is -2.26. The van der Waals surface area contributed by atoms with E-state index >= 15 is 0 Å². The van der Waals surface area contributed by atoms with Gasteiger partial charge in [-0.25, -0.2) is 0 Å². The Labute approximate surface area is 190 Å². The molecule has 0 bridgehead atoms. The number of aliphatic hydroxyl groups is 1. The maximum absolute atomic E-state index is 13.3. The average Bonchev–Trinajstić information content (AvgIpc) is 3.34. The van der Waals surface area contributed by atoms with Crippen LogP contribution in [0.3, 0.4) is 0 Å². The summed E-state index contributed by atoms with van der Waals surface area (Å²) in [5.41, 5.74) is 3.18. The lowest BCUT2D eigenvalue weighted by atomic mass is 9.97. The molecule has 32 heavy (non-hydrogen) atoms. The number of para-hydroxylation sites is 1. The summed E-state index contributed by atoms with van der Waals surface area (Å²) in [6.45, 7) is 3.87. The van der Waals surface area contributed by atoms with Gasteiger partial charge in [0.15, 0.2) is 0 Å². The molecule has 1 aliphatic rings. The molecule has 0 radical (unpaired) electrons. The summed E-state index contributed by atoms with van der Waals surface area (Å²) in [5.74, 6) is -1.45. The van der Waals surface area contributed by atoms with Crippen molar-refractivity contribution in [1.82, 2.24) is 0 Å². The Morgan fingerprint density at radius 2 is 1.59 bits per heavy atom. The van der Waals surface area contributed by atoms with Gasteiger partial charge in [0.2, 0.25) is 0 Å². The van der Waals surface area contributed by atoms with Crippen molar-refractivity contribution in [3.05, 3.63) is 105 Å². The van der Waals surface area contributed by atoms with Crippen LogP contribution in [0.4, 0.5) is 5.69 Å². The van der Waals surface area contributed by atoms with Crippen LogP contribution in [0.1, 0.15) is 27.6 Å². The van der Waals surface area contributed by atoms with E-state index in [0.717, 1.165) is 26.8 Å². The number of fused-ring (bicyclic) bond motifs is 1. The topological polar surface area (TPSA) is 57.6 Å². The monoisotopic (exact) mass is 439 g/mol. The Morgan fingerprint density at radius 1 is 0.875 bits per heavy atom. The van der Waals surface area contributed by atoms with Crippen molar-refractivity contribution in [2.45, 2.75) is 19.9 Å². The van der Waals surface area contributed by atoms with E-state index < -0.39 is 17.7 Å². The number of Topliss-reactive ketones (excluding diaryl/α,β-unsaturated/α-hetero) is 1. The summed E-state index contributed by atoms with van der Waals surface area (Å²) in [7, 11) is 0. The number of amides is 1. The van der Waals surface area contributed by atoms with Crippen molar-refractivity contribution in [3.8, 4) is 0 Å². The van der Waals surface area contributed by atoms with Gasteiger partial charge in [-0.3, -0.25) is 14.5 Å². The van der Waals surface area contributed by atoms with Gasteiger partial charge in [0.05, 0.1) is 5.57 Å². The van der Waals surface area contributed by atoms with Crippen molar-refractivity contribution in [3.63, 3.8) is 0 Å². The SMILES string of the molecule is Cc1ccccc1N1C(=O)C(=O)/C(=C(\O)c2ccc3ccccc3c2)C1c1sccc1C. The van der Waals surface area contributed by atoms with E-state index in [1.165, 1.54) is 16.2 Å². The number of rotatable bonds is 3. The van der Waals surface area contributed by atoms with Crippen molar-refractivity contribution in [2.75, 3.05) is 4.90 Å². The van der Waals surface area contributed by atoms with Crippen molar-refractivity contribution < 1.29 is 14.7 Å². The Kier molecular flexibility index (Phi) is 4.91. The molecule has 5 rings (SSSR count). The first-order valence-corrected chi connectivity index (χ1v) is 11.2. The predicted molar refractivity (Wildman–Crippen MR) is 129 cm³/mol. The molecule has 158 valence electrons. The Hall–Kier alpha value is -3.70. The zero-order valence-electron chi connectivity index (χ0n) is 17.7. The molecular weight excluding hydrogens is 418 g/mol. The highest BCUT2D eigenvalue weighted by molar-refractivity contribution is 7.10. The number of ketones is 1. The first-order chi connectivity index (χ1) is 15.5. The number of aliphatic hydroxyl groups excluding tert-OH is 1. The Morgan fingerprint density at radius 3 is 2.31 bits per heavy atom. The van der Waals surface area contributed by atoms with Gasteiger partial charge in [0.25, 0.3) is 11.7 Å². The maximum atomic E-state index is 13.3. The summed E-state index contributed by atoms with van der Waals surface area (Å²) in [4.78, 5) is 29.0. The summed E-state index contributed by atoms with van der Waals surface area (Å²) in [5, 5.41) is 15.3. The number of carbonyl (C=O) groups is 2. The van der Waals surface area contributed by atoms with E-state index in [9.17, 15) is 14.7 Å². The van der Waals surface area contributed by atoms with Gasteiger partial charge in [-0.05, 0) is 59.3 Å². The fourth-order valence-corrected chi connectivity index (χ4v) is 5.34. The molecular formula is C27H21NO3S. The number of nitrogens with zero attached hydrogens (tertiary/aromatic N) is 1. The molecule has 3 aromatic carbocycles. The summed E-state index contributed by atoms with van der Waals surface area (Å²) in [6, 6.07) is 22.2. The van der Waals surface area contributed by atoms with E-state index in [0.29, 0.717) is 11.3 Å². The molecule has 1 fully saturated rings. The van der Waals surface area contributed by atoms with Gasteiger partial charge >= 0.3 is 0 Å². The third-order valence-electron chi connectivity index (χ3n) is 5.99. The van der Waals surface area contributed by atoms with E-state index in [4.69, 9.17) is 0 Å².